The Morgan fingerprint density at radius 3 is 1.71 bits per heavy atom. The minimum Gasteiger partial charge on any atom is -0.406 e. The molecule has 0 amide bonds. The Bertz CT molecular complexity index is 1350. The van der Waals surface area contributed by atoms with Crippen LogP contribution in [0.5, 0.6) is 5.75 Å². The van der Waals surface area contributed by atoms with Gasteiger partial charge in [0.1, 0.15) is 5.75 Å². The average Bonchev–Trinajstić information content (AvgIpc) is 2.77. The SMILES string of the molecule is Cc1ccc(S(=O)(=O)OCCN(c2ccc(OC(F)(F)F)cc2)S(=O)(=O)c2ccc(C)cc2)cc1. The van der Waals surface area contributed by atoms with Gasteiger partial charge >= 0.3 is 6.36 Å². The number of halogens is 3. The number of hydrogen-bond acceptors (Lipinski definition) is 6. The van der Waals surface area contributed by atoms with Gasteiger partial charge in [0, 0.05) is 0 Å². The van der Waals surface area contributed by atoms with Crippen LogP contribution >= 0.6 is 0 Å². The van der Waals surface area contributed by atoms with Gasteiger partial charge in [-0.05, 0) is 62.4 Å². The van der Waals surface area contributed by atoms with Crippen LogP contribution in [-0.2, 0) is 24.3 Å². The number of rotatable bonds is 9. The number of aryl methyl sites for hydroxylation is 2. The van der Waals surface area contributed by atoms with Crippen molar-refractivity contribution in [2.24, 2.45) is 0 Å². The van der Waals surface area contributed by atoms with E-state index in [1.807, 2.05) is 0 Å². The molecule has 188 valence electrons. The Morgan fingerprint density at radius 1 is 0.743 bits per heavy atom. The molecule has 0 unspecified atom stereocenters. The number of hydrogen-bond donors (Lipinski definition) is 0. The number of anilines is 1. The first kappa shape index (κ1) is 26.5. The Labute approximate surface area is 201 Å². The van der Waals surface area contributed by atoms with Gasteiger partial charge in [-0.25, -0.2) is 8.42 Å². The smallest absolute Gasteiger partial charge is 0.406 e. The zero-order valence-electron chi connectivity index (χ0n) is 18.7. The first-order valence-corrected chi connectivity index (χ1v) is 13.0. The van der Waals surface area contributed by atoms with Crippen molar-refractivity contribution in [2.75, 3.05) is 17.5 Å². The Kier molecular flexibility index (Phi) is 7.77. The number of nitrogens with zero attached hydrogens (tertiary/aromatic N) is 1. The summed E-state index contributed by atoms with van der Waals surface area (Å²) in [5, 5.41) is 0. The van der Waals surface area contributed by atoms with Crippen molar-refractivity contribution in [3.8, 4) is 5.75 Å². The van der Waals surface area contributed by atoms with Crippen LogP contribution in [0.25, 0.3) is 0 Å². The van der Waals surface area contributed by atoms with Crippen molar-refractivity contribution in [3.05, 3.63) is 83.9 Å². The molecule has 0 heterocycles. The number of alkyl halides is 3. The van der Waals surface area contributed by atoms with Gasteiger partial charge in [0.2, 0.25) is 0 Å². The maximum atomic E-state index is 13.3. The highest BCUT2D eigenvalue weighted by atomic mass is 32.2. The molecule has 0 spiro atoms. The van der Waals surface area contributed by atoms with Crippen LogP contribution in [0.3, 0.4) is 0 Å². The largest absolute Gasteiger partial charge is 0.573 e. The van der Waals surface area contributed by atoms with Crippen molar-refractivity contribution in [3.63, 3.8) is 0 Å². The van der Waals surface area contributed by atoms with Crippen molar-refractivity contribution in [1.82, 2.24) is 0 Å². The molecule has 0 saturated carbocycles. The molecule has 0 fully saturated rings. The van der Waals surface area contributed by atoms with E-state index < -0.39 is 45.4 Å². The third kappa shape index (κ3) is 6.96. The number of sulfonamides is 1. The summed E-state index contributed by atoms with van der Waals surface area (Å²) in [7, 11) is -8.38. The van der Waals surface area contributed by atoms with E-state index in [1.165, 1.54) is 24.3 Å². The van der Waals surface area contributed by atoms with Gasteiger partial charge < -0.3 is 4.74 Å². The summed E-state index contributed by atoms with van der Waals surface area (Å²) in [6.45, 7) is 2.59. The standard InChI is InChI=1S/C23H22F3NO6S2/c1-17-3-11-21(12-4-17)34(28,29)27(19-7-9-20(10-8-19)33-23(24,25)26)15-16-32-35(30,31)22-13-5-18(2)6-14-22/h3-14H,15-16H2,1-2H3. The molecular weight excluding hydrogens is 507 g/mol. The molecule has 0 aromatic heterocycles. The van der Waals surface area contributed by atoms with Gasteiger partial charge in [0.15, 0.2) is 0 Å². The second-order valence-corrected chi connectivity index (χ2v) is 11.0. The van der Waals surface area contributed by atoms with Gasteiger partial charge in [0.05, 0.1) is 28.6 Å². The van der Waals surface area contributed by atoms with E-state index in [0.29, 0.717) is 0 Å². The summed E-state index contributed by atoms with van der Waals surface area (Å²) in [4.78, 5) is -0.176. The molecule has 0 aliphatic carbocycles. The quantitative estimate of drug-likeness (QED) is 0.370. The molecule has 0 radical (unpaired) electrons. The summed E-state index contributed by atoms with van der Waals surface area (Å²) in [6, 6.07) is 16.0. The molecule has 3 aromatic rings. The fraction of sp³-hybridized carbons (Fsp3) is 0.217. The Hall–Kier alpha value is -3.09. The first-order chi connectivity index (χ1) is 16.3. The van der Waals surface area contributed by atoms with Crippen molar-refractivity contribution < 1.29 is 38.9 Å². The highest BCUT2D eigenvalue weighted by molar-refractivity contribution is 7.92. The summed E-state index contributed by atoms with van der Waals surface area (Å²) in [6.07, 6.45) is -4.91. The van der Waals surface area contributed by atoms with Crippen LogP contribution < -0.4 is 9.04 Å². The monoisotopic (exact) mass is 529 g/mol. The first-order valence-electron chi connectivity index (χ1n) is 10.2. The van der Waals surface area contributed by atoms with Crippen molar-refractivity contribution >= 4 is 25.8 Å². The molecular formula is C23H22F3NO6S2. The molecule has 7 nitrogen and oxygen atoms in total. The molecule has 0 bridgehead atoms. The lowest BCUT2D eigenvalue weighted by Gasteiger charge is -2.25. The van der Waals surface area contributed by atoms with Crippen LogP contribution in [0.4, 0.5) is 18.9 Å². The highest BCUT2D eigenvalue weighted by Crippen LogP contribution is 2.28. The summed E-state index contributed by atoms with van der Waals surface area (Å²) in [5.74, 6) is -0.535. The second kappa shape index (κ2) is 10.3. The lowest BCUT2D eigenvalue weighted by atomic mass is 10.2. The summed E-state index contributed by atoms with van der Waals surface area (Å²) >= 11 is 0. The summed E-state index contributed by atoms with van der Waals surface area (Å²) < 4.78 is 98.8. The van der Waals surface area contributed by atoms with Crippen LogP contribution in [-0.4, -0.2) is 36.3 Å². The fourth-order valence-corrected chi connectivity index (χ4v) is 5.39. The van der Waals surface area contributed by atoms with Gasteiger partial charge in [0.25, 0.3) is 20.1 Å². The molecule has 0 atom stereocenters. The Morgan fingerprint density at radius 2 is 1.23 bits per heavy atom. The molecule has 12 heteroatoms. The van der Waals surface area contributed by atoms with E-state index in [9.17, 15) is 30.0 Å². The maximum Gasteiger partial charge on any atom is 0.573 e. The zero-order valence-corrected chi connectivity index (χ0v) is 20.3. The fourth-order valence-electron chi connectivity index (χ4n) is 3.04. The highest BCUT2D eigenvalue weighted by Gasteiger charge is 2.31. The average molecular weight is 530 g/mol. The third-order valence-electron chi connectivity index (χ3n) is 4.81. The van der Waals surface area contributed by atoms with Gasteiger partial charge in [-0.1, -0.05) is 35.4 Å². The zero-order chi connectivity index (χ0) is 25.9. The molecule has 0 aliphatic heterocycles. The van der Waals surface area contributed by atoms with E-state index in [-0.39, 0.29) is 15.5 Å². The van der Waals surface area contributed by atoms with Crippen molar-refractivity contribution in [1.29, 1.82) is 0 Å². The Balaban J connectivity index is 1.88. The molecule has 0 aliphatic rings. The van der Waals surface area contributed by atoms with E-state index >= 15 is 0 Å². The molecule has 0 N–H and O–H groups in total. The van der Waals surface area contributed by atoms with Gasteiger partial charge in [-0.2, -0.15) is 8.42 Å². The van der Waals surface area contributed by atoms with Crippen molar-refractivity contribution in [2.45, 2.75) is 30.0 Å². The molecule has 3 rings (SSSR count). The molecule has 0 saturated heterocycles. The van der Waals surface area contributed by atoms with E-state index in [0.717, 1.165) is 39.7 Å². The predicted molar refractivity (Wildman–Crippen MR) is 123 cm³/mol. The lowest BCUT2D eigenvalue weighted by molar-refractivity contribution is -0.274. The molecule has 35 heavy (non-hydrogen) atoms. The topological polar surface area (TPSA) is 90.0 Å². The van der Waals surface area contributed by atoms with E-state index in [4.69, 9.17) is 4.18 Å². The van der Waals surface area contributed by atoms with E-state index in [1.54, 1.807) is 38.1 Å². The minimum atomic E-state index is -4.91. The number of ether oxygens (including phenoxy) is 1. The second-order valence-electron chi connectivity index (χ2n) is 7.52. The molecule has 3 aromatic carbocycles. The van der Waals surface area contributed by atoms with Crippen LogP contribution in [0.2, 0.25) is 0 Å². The maximum absolute atomic E-state index is 13.3. The van der Waals surface area contributed by atoms with Gasteiger partial charge in [-0.15, -0.1) is 13.2 Å². The predicted octanol–water partition coefficient (Wildman–Crippen LogP) is 4.80. The van der Waals surface area contributed by atoms with Crippen LogP contribution in [0, 0.1) is 13.8 Å². The summed E-state index contributed by atoms with van der Waals surface area (Å²) in [5.41, 5.74) is 1.66. The van der Waals surface area contributed by atoms with Crippen LogP contribution in [0.15, 0.2) is 82.6 Å². The van der Waals surface area contributed by atoms with Crippen LogP contribution in [0.1, 0.15) is 11.1 Å². The third-order valence-corrected chi connectivity index (χ3v) is 7.98. The van der Waals surface area contributed by atoms with E-state index in [2.05, 4.69) is 4.74 Å². The normalized spacial score (nSPS) is 12.4. The number of benzene rings is 3. The van der Waals surface area contributed by atoms with Gasteiger partial charge in [-0.3, -0.25) is 8.49 Å². The lowest BCUT2D eigenvalue weighted by Crippen LogP contribution is -2.34. The minimum absolute atomic E-state index is 0.00330.